The molecule has 1 aliphatic heterocycles. The van der Waals surface area contributed by atoms with Crippen molar-refractivity contribution in [3.05, 3.63) is 54.2 Å². The first kappa shape index (κ1) is 17.9. The second-order valence-corrected chi connectivity index (χ2v) is 6.46. The van der Waals surface area contributed by atoms with E-state index in [1.54, 1.807) is 30.5 Å². The molecule has 9 heteroatoms. The predicted octanol–water partition coefficient (Wildman–Crippen LogP) is 1.89. The Balaban J connectivity index is 1.22. The van der Waals surface area contributed by atoms with Crippen molar-refractivity contribution in [3.63, 3.8) is 0 Å². The Hall–Kier alpha value is -3.49. The molecular weight excluding hydrogens is 360 g/mol. The number of carbonyl (C=O) groups is 1. The summed E-state index contributed by atoms with van der Waals surface area (Å²) < 4.78 is 10.4. The smallest absolute Gasteiger partial charge is 0.317 e. The predicted molar refractivity (Wildman–Crippen MR) is 99.7 cm³/mol. The molecule has 0 spiro atoms. The summed E-state index contributed by atoms with van der Waals surface area (Å²) >= 11 is 0. The number of benzene rings is 1. The number of likely N-dealkylation sites (tertiary alicyclic amines) is 1. The molecule has 0 radical (unpaired) electrons. The first-order valence-corrected chi connectivity index (χ1v) is 8.99. The maximum atomic E-state index is 12.2. The Labute approximate surface area is 161 Å². The average molecular weight is 380 g/mol. The fourth-order valence-corrected chi connectivity index (χ4v) is 2.92. The van der Waals surface area contributed by atoms with E-state index in [2.05, 4.69) is 25.4 Å². The van der Waals surface area contributed by atoms with Gasteiger partial charge in [0, 0.05) is 32.0 Å². The summed E-state index contributed by atoms with van der Waals surface area (Å²) in [5.74, 6) is 2.15. The van der Waals surface area contributed by atoms with Crippen LogP contribution in [0.25, 0.3) is 11.6 Å². The number of hydrogen-bond acceptors (Lipinski definition) is 7. The van der Waals surface area contributed by atoms with E-state index in [-0.39, 0.29) is 11.9 Å². The highest BCUT2D eigenvalue weighted by molar-refractivity contribution is 5.75. The van der Waals surface area contributed by atoms with Gasteiger partial charge < -0.3 is 19.5 Å². The Morgan fingerprint density at radius 2 is 1.96 bits per heavy atom. The number of hydrogen-bond donors (Lipinski definition) is 1. The molecule has 2 amide bonds. The molecule has 0 aliphatic carbocycles. The fraction of sp³-hybridized carbons (Fsp3) is 0.316. The molecule has 0 unspecified atom stereocenters. The van der Waals surface area contributed by atoms with Gasteiger partial charge in [-0.2, -0.15) is 4.98 Å². The molecule has 28 heavy (non-hydrogen) atoms. The van der Waals surface area contributed by atoms with E-state index in [9.17, 15) is 4.79 Å². The number of ether oxygens (including phenoxy) is 1. The molecule has 1 aromatic carbocycles. The molecule has 1 aliphatic rings. The minimum absolute atomic E-state index is 0.0392. The third-order valence-electron chi connectivity index (χ3n) is 4.57. The zero-order valence-corrected chi connectivity index (χ0v) is 15.4. The molecule has 144 valence electrons. The molecule has 1 saturated heterocycles. The van der Waals surface area contributed by atoms with Crippen LogP contribution in [0.2, 0.25) is 0 Å². The maximum Gasteiger partial charge on any atom is 0.317 e. The van der Waals surface area contributed by atoms with Crippen LogP contribution in [0.5, 0.6) is 5.75 Å². The van der Waals surface area contributed by atoms with Crippen LogP contribution in [-0.4, -0.2) is 57.8 Å². The van der Waals surface area contributed by atoms with E-state index in [0.717, 1.165) is 17.7 Å². The summed E-state index contributed by atoms with van der Waals surface area (Å²) in [7, 11) is 1.64. The first-order chi connectivity index (χ1) is 13.7. The number of rotatable bonds is 6. The lowest BCUT2D eigenvalue weighted by molar-refractivity contribution is 0.137. The summed E-state index contributed by atoms with van der Waals surface area (Å²) in [5.41, 5.74) is 1.14. The quantitative estimate of drug-likeness (QED) is 0.696. The molecule has 0 bridgehead atoms. The summed E-state index contributed by atoms with van der Waals surface area (Å²) in [6.45, 7) is 1.67. The van der Waals surface area contributed by atoms with Gasteiger partial charge in [0.1, 0.15) is 5.75 Å². The summed E-state index contributed by atoms with van der Waals surface area (Å²) in [5, 5.41) is 6.85. The van der Waals surface area contributed by atoms with Crippen LogP contribution in [0.3, 0.4) is 0 Å². The standard InChI is InChI=1S/C19H20N6O3/c1-27-15-5-3-13(4-6-15)7-10-22-19(26)25-11-14(12-25)18-23-17(24-28-18)16-20-8-2-9-21-16/h2-6,8-9,14H,7,10-12H2,1H3,(H,22,26). The minimum atomic E-state index is -0.0871. The van der Waals surface area contributed by atoms with Gasteiger partial charge in [-0.1, -0.05) is 17.3 Å². The number of nitrogens with zero attached hydrogens (tertiary/aromatic N) is 5. The van der Waals surface area contributed by atoms with E-state index in [0.29, 0.717) is 37.2 Å². The lowest BCUT2D eigenvalue weighted by atomic mass is 10.0. The molecule has 2 aromatic heterocycles. The Bertz CT molecular complexity index is 922. The number of carbonyl (C=O) groups excluding carboxylic acids is 1. The van der Waals surface area contributed by atoms with Crippen LogP contribution in [0.4, 0.5) is 4.79 Å². The van der Waals surface area contributed by atoms with Crippen molar-refractivity contribution >= 4 is 6.03 Å². The SMILES string of the molecule is COc1ccc(CCNC(=O)N2CC(c3nc(-c4ncccn4)no3)C2)cc1. The van der Waals surface area contributed by atoms with Crippen molar-refractivity contribution in [1.82, 2.24) is 30.3 Å². The van der Waals surface area contributed by atoms with Crippen LogP contribution in [-0.2, 0) is 6.42 Å². The molecule has 1 N–H and O–H groups in total. The van der Waals surface area contributed by atoms with Gasteiger partial charge in [0.15, 0.2) is 0 Å². The van der Waals surface area contributed by atoms with Gasteiger partial charge in [0.25, 0.3) is 0 Å². The topological polar surface area (TPSA) is 106 Å². The molecular formula is C19H20N6O3. The Morgan fingerprint density at radius 1 is 1.21 bits per heavy atom. The Morgan fingerprint density at radius 3 is 2.68 bits per heavy atom. The monoisotopic (exact) mass is 380 g/mol. The van der Waals surface area contributed by atoms with E-state index < -0.39 is 0 Å². The molecule has 4 rings (SSSR count). The van der Waals surface area contributed by atoms with Crippen molar-refractivity contribution in [2.45, 2.75) is 12.3 Å². The van der Waals surface area contributed by atoms with Gasteiger partial charge in [-0.15, -0.1) is 0 Å². The van der Waals surface area contributed by atoms with Crippen LogP contribution < -0.4 is 10.1 Å². The number of methoxy groups -OCH3 is 1. The van der Waals surface area contributed by atoms with Gasteiger partial charge in [-0.3, -0.25) is 0 Å². The molecule has 3 aromatic rings. The Kier molecular flexibility index (Phi) is 5.14. The number of aromatic nitrogens is 4. The van der Waals surface area contributed by atoms with Crippen molar-refractivity contribution in [1.29, 1.82) is 0 Å². The van der Waals surface area contributed by atoms with Crippen molar-refractivity contribution < 1.29 is 14.1 Å². The largest absolute Gasteiger partial charge is 0.497 e. The van der Waals surface area contributed by atoms with E-state index in [4.69, 9.17) is 9.26 Å². The van der Waals surface area contributed by atoms with Gasteiger partial charge in [-0.25, -0.2) is 14.8 Å². The second-order valence-electron chi connectivity index (χ2n) is 6.46. The highest BCUT2D eigenvalue weighted by atomic mass is 16.5. The van der Waals surface area contributed by atoms with Crippen molar-refractivity contribution in [2.75, 3.05) is 26.7 Å². The van der Waals surface area contributed by atoms with Gasteiger partial charge >= 0.3 is 6.03 Å². The van der Waals surface area contributed by atoms with E-state index >= 15 is 0 Å². The number of amides is 2. The highest BCUT2D eigenvalue weighted by Crippen LogP contribution is 2.26. The fourth-order valence-electron chi connectivity index (χ4n) is 2.92. The summed E-state index contributed by atoms with van der Waals surface area (Å²) in [6.07, 6.45) is 4.01. The van der Waals surface area contributed by atoms with Crippen molar-refractivity contribution in [2.24, 2.45) is 0 Å². The molecule has 9 nitrogen and oxygen atoms in total. The second kappa shape index (κ2) is 8.03. The lowest BCUT2D eigenvalue weighted by Gasteiger charge is -2.36. The van der Waals surface area contributed by atoms with Gasteiger partial charge in [-0.05, 0) is 30.2 Å². The summed E-state index contributed by atoms with van der Waals surface area (Å²) in [4.78, 5) is 26.5. The van der Waals surface area contributed by atoms with Crippen LogP contribution >= 0.6 is 0 Å². The molecule has 3 heterocycles. The van der Waals surface area contributed by atoms with Gasteiger partial charge in [0.2, 0.25) is 17.5 Å². The lowest BCUT2D eigenvalue weighted by Crippen LogP contribution is -2.52. The third-order valence-corrected chi connectivity index (χ3v) is 4.57. The number of nitrogens with one attached hydrogen (secondary N) is 1. The summed E-state index contributed by atoms with van der Waals surface area (Å²) in [6, 6.07) is 9.45. The average Bonchev–Trinajstić information content (AvgIpc) is 3.18. The zero-order chi connectivity index (χ0) is 19.3. The van der Waals surface area contributed by atoms with Crippen molar-refractivity contribution in [3.8, 4) is 17.4 Å². The molecule has 0 atom stereocenters. The molecule has 1 fully saturated rings. The van der Waals surface area contributed by atoms with Gasteiger partial charge in [0.05, 0.1) is 13.0 Å². The molecule has 0 saturated carbocycles. The van der Waals surface area contributed by atoms with Crippen LogP contribution in [0, 0.1) is 0 Å². The maximum absolute atomic E-state index is 12.2. The van der Waals surface area contributed by atoms with Crippen LogP contribution in [0.1, 0.15) is 17.4 Å². The van der Waals surface area contributed by atoms with Crippen LogP contribution in [0.15, 0.2) is 47.2 Å². The normalized spacial score (nSPS) is 13.8. The highest BCUT2D eigenvalue weighted by Gasteiger charge is 2.35. The minimum Gasteiger partial charge on any atom is -0.497 e. The zero-order valence-electron chi connectivity index (χ0n) is 15.4. The number of urea groups is 1. The third kappa shape index (κ3) is 3.93. The first-order valence-electron chi connectivity index (χ1n) is 8.99. The van der Waals surface area contributed by atoms with E-state index in [1.807, 2.05) is 24.3 Å². The van der Waals surface area contributed by atoms with E-state index in [1.165, 1.54) is 0 Å².